The SMILES string of the molecule is O=CN(O)C[C@@H](CC1CCCC1)C(=O)NNc1nc(Cl)nc(NCCc2ccoc2)c1F. The van der Waals surface area contributed by atoms with E-state index in [-0.39, 0.29) is 29.9 Å². The van der Waals surface area contributed by atoms with Gasteiger partial charge in [-0.25, -0.2) is 5.06 Å². The lowest BCUT2D eigenvalue weighted by Gasteiger charge is -2.22. The summed E-state index contributed by atoms with van der Waals surface area (Å²) in [6.45, 7) is 0.207. The predicted octanol–water partition coefficient (Wildman–Crippen LogP) is 3.00. The lowest BCUT2D eigenvalue weighted by molar-refractivity contribution is -0.154. The number of nitrogens with one attached hydrogen (secondary N) is 3. The average Bonchev–Trinajstić information content (AvgIpc) is 3.48. The van der Waals surface area contributed by atoms with E-state index in [1.54, 1.807) is 18.6 Å². The third-order valence-corrected chi connectivity index (χ3v) is 5.58. The largest absolute Gasteiger partial charge is 0.472 e. The van der Waals surface area contributed by atoms with Gasteiger partial charge in [0.15, 0.2) is 11.6 Å². The summed E-state index contributed by atoms with van der Waals surface area (Å²) in [6.07, 6.45) is 8.64. The first-order valence-electron chi connectivity index (χ1n) is 10.4. The van der Waals surface area contributed by atoms with Crippen LogP contribution in [0.1, 0.15) is 37.7 Å². The number of carbonyl (C=O) groups excluding carboxylic acids is 2. The molecule has 32 heavy (non-hydrogen) atoms. The number of furan rings is 1. The van der Waals surface area contributed by atoms with Gasteiger partial charge >= 0.3 is 0 Å². The molecule has 2 heterocycles. The van der Waals surface area contributed by atoms with Gasteiger partial charge in [-0.1, -0.05) is 25.7 Å². The minimum atomic E-state index is -0.814. The highest BCUT2D eigenvalue weighted by molar-refractivity contribution is 6.28. The van der Waals surface area contributed by atoms with Gasteiger partial charge in [-0.2, -0.15) is 14.4 Å². The quantitative estimate of drug-likeness (QED) is 0.162. The zero-order chi connectivity index (χ0) is 22.9. The van der Waals surface area contributed by atoms with Gasteiger partial charge in [-0.05, 0) is 42.0 Å². The molecule has 4 N–H and O–H groups in total. The molecule has 3 rings (SSSR count). The summed E-state index contributed by atoms with van der Waals surface area (Å²) < 4.78 is 19.8. The van der Waals surface area contributed by atoms with Gasteiger partial charge in [-0.3, -0.25) is 25.6 Å². The van der Waals surface area contributed by atoms with Crippen molar-refractivity contribution in [1.82, 2.24) is 20.5 Å². The van der Waals surface area contributed by atoms with Crippen LogP contribution in [0, 0.1) is 17.7 Å². The molecule has 1 fully saturated rings. The Morgan fingerprint density at radius 1 is 1.38 bits per heavy atom. The van der Waals surface area contributed by atoms with Crippen LogP contribution >= 0.6 is 11.6 Å². The molecule has 2 aromatic rings. The van der Waals surface area contributed by atoms with Crippen LogP contribution in [0.15, 0.2) is 23.0 Å². The van der Waals surface area contributed by atoms with Crippen molar-refractivity contribution in [1.29, 1.82) is 0 Å². The van der Waals surface area contributed by atoms with Crippen molar-refractivity contribution in [3.05, 3.63) is 35.3 Å². The molecule has 0 radical (unpaired) electrons. The number of amides is 2. The van der Waals surface area contributed by atoms with Crippen LogP contribution in [0.3, 0.4) is 0 Å². The summed E-state index contributed by atoms with van der Waals surface area (Å²) in [6, 6.07) is 1.80. The van der Waals surface area contributed by atoms with E-state index < -0.39 is 17.6 Å². The minimum Gasteiger partial charge on any atom is -0.472 e. The molecule has 1 aliphatic rings. The first-order valence-corrected chi connectivity index (χ1v) is 10.8. The van der Waals surface area contributed by atoms with Crippen LogP contribution in [0.4, 0.5) is 16.0 Å². The second-order valence-electron chi connectivity index (χ2n) is 7.74. The van der Waals surface area contributed by atoms with Gasteiger partial charge in [0, 0.05) is 6.54 Å². The van der Waals surface area contributed by atoms with Gasteiger partial charge in [0.2, 0.25) is 23.4 Å². The molecule has 0 saturated heterocycles. The molecule has 0 spiro atoms. The maximum absolute atomic E-state index is 14.8. The Morgan fingerprint density at radius 2 is 2.12 bits per heavy atom. The molecule has 12 heteroatoms. The van der Waals surface area contributed by atoms with E-state index in [4.69, 9.17) is 16.0 Å². The zero-order valence-corrected chi connectivity index (χ0v) is 18.1. The van der Waals surface area contributed by atoms with Crippen LogP contribution in [-0.2, 0) is 16.0 Å². The number of anilines is 2. The lowest BCUT2D eigenvalue weighted by Crippen LogP contribution is -2.41. The Morgan fingerprint density at radius 3 is 2.81 bits per heavy atom. The highest BCUT2D eigenvalue weighted by atomic mass is 35.5. The molecule has 10 nitrogen and oxygen atoms in total. The standard InChI is InChI=1S/C20H26ClFN6O4/c21-20-24-17(23-7-5-14-6-8-32-11-14)16(22)18(25-20)26-27-19(30)15(10-28(31)12-29)9-13-3-1-2-4-13/h6,8,11-13,15,31H,1-5,7,9-10H2,(H,27,30)(H2,23,24,25,26)/t15-/m1/s1. The van der Waals surface area contributed by atoms with Gasteiger partial charge < -0.3 is 9.73 Å². The highest BCUT2D eigenvalue weighted by Crippen LogP contribution is 2.30. The van der Waals surface area contributed by atoms with E-state index in [0.29, 0.717) is 30.4 Å². The second kappa shape index (κ2) is 11.6. The Kier molecular flexibility index (Phi) is 8.63. The van der Waals surface area contributed by atoms with Crippen molar-refractivity contribution < 1.29 is 23.6 Å². The molecule has 0 aromatic carbocycles. The summed E-state index contributed by atoms with van der Waals surface area (Å²) in [5.41, 5.74) is 5.78. The molecule has 0 aliphatic heterocycles. The molecular weight excluding hydrogens is 443 g/mol. The Balaban J connectivity index is 1.60. The smallest absolute Gasteiger partial charge is 0.243 e. The fraction of sp³-hybridized carbons (Fsp3) is 0.500. The van der Waals surface area contributed by atoms with Gasteiger partial charge in [-0.15, -0.1) is 0 Å². The summed E-state index contributed by atoms with van der Waals surface area (Å²) >= 11 is 5.90. The van der Waals surface area contributed by atoms with E-state index >= 15 is 0 Å². The Bertz CT molecular complexity index is 894. The van der Waals surface area contributed by atoms with Crippen molar-refractivity contribution >= 4 is 35.6 Å². The first kappa shape index (κ1) is 23.7. The van der Waals surface area contributed by atoms with E-state index in [2.05, 4.69) is 26.1 Å². The maximum atomic E-state index is 14.8. The zero-order valence-electron chi connectivity index (χ0n) is 17.4. The number of rotatable bonds is 12. The number of hydrogen-bond donors (Lipinski definition) is 4. The minimum absolute atomic E-state index is 0.116. The van der Waals surface area contributed by atoms with E-state index in [1.807, 2.05) is 0 Å². The van der Waals surface area contributed by atoms with Crippen LogP contribution in [0.5, 0.6) is 0 Å². The molecule has 1 saturated carbocycles. The van der Waals surface area contributed by atoms with Gasteiger partial charge in [0.25, 0.3) is 0 Å². The molecule has 174 valence electrons. The predicted molar refractivity (Wildman–Crippen MR) is 114 cm³/mol. The summed E-state index contributed by atoms with van der Waals surface area (Å²) in [5, 5.41) is 12.6. The van der Waals surface area contributed by atoms with Crippen molar-refractivity contribution in [2.75, 3.05) is 23.8 Å². The number of hydroxylamine groups is 2. The maximum Gasteiger partial charge on any atom is 0.243 e. The van der Waals surface area contributed by atoms with Crippen molar-refractivity contribution in [2.45, 2.75) is 38.5 Å². The summed E-state index contributed by atoms with van der Waals surface area (Å²) in [7, 11) is 0. The molecule has 0 bridgehead atoms. The monoisotopic (exact) mass is 468 g/mol. The van der Waals surface area contributed by atoms with Crippen molar-refractivity contribution in [2.24, 2.45) is 11.8 Å². The normalized spacial score (nSPS) is 14.7. The number of hydrogen-bond acceptors (Lipinski definition) is 8. The van der Waals surface area contributed by atoms with E-state index in [1.165, 1.54) is 0 Å². The fourth-order valence-electron chi connectivity index (χ4n) is 3.78. The average molecular weight is 469 g/mol. The molecular formula is C20H26ClFN6O4. The molecule has 2 aromatic heterocycles. The summed E-state index contributed by atoms with van der Waals surface area (Å²) in [4.78, 5) is 31.1. The molecule has 2 amide bonds. The number of nitrogens with zero attached hydrogens (tertiary/aromatic N) is 3. The Hall–Kier alpha value is -2.92. The molecule has 0 unspecified atom stereocenters. The third-order valence-electron chi connectivity index (χ3n) is 5.41. The van der Waals surface area contributed by atoms with Crippen LogP contribution in [0.2, 0.25) is 5.28 Å². The van der Waals surface area contributed by atoms with Crippen LogP contribution in [0.25, 0.3) is 0 Å². The van der Waals surface area contributed by atoms with Gasteiger partial charge in [0.05, 0.1) is 25.0 Å². The van der Waals surface area contributed by atoms with Crippen molar-refractivity contribution in [3.8, 4) is 0 Å². The number of carbonyl (C=O) groups is 2. The second-order valence-corrected chi connectivity index (χ2v) is 8.08. The number of hydrazine groups is 1. The lowest BCUT2D eigenvalue weighted by atomic mass is 9.92. The number of aromatic nitrogens is 2. The molecule has 1 atom stereocenters. The topological polar surface area (TPSA) is 133 Å². The van der Waals surface area contributed by atoms with E-state index in [9.17, 15) is 19.2 Å². The van der Waals surface area contributed by atoms with Crippen molar-refractivity contribution in [3.63, 3.8) is 0 Å². The van der Waals surface area contributed by atoms with Gasteiger partial charge in [0.1, 0.15) is 0 Å². The third kappa shape index (κ3) is 6.79. The van der Waals surface area contributed by atoms with Crippen LogP contribution in [-0.4, -0.2) is 45.6 Å². The fourth-order valence-corrected chi connectivity index (χ4v) is 3.95. The number of halogens is 2. The summed E-state index contributed by atoms with van der Waals surface area (Å²) in [5.74, 6) is -2.07. The Labute approximate surface area is 189 Å². The van der Waals surface area contributed by atoms with E-state index in [0.717, 1.165) is 31.2 Å². The molecule has 1 aliphatic carbocycles. The van der Waals surface area contributed by atoms with Crippen LogP contribution < -0.4 is 16.2 Å². The highest BCUT2D eigenvalue weighted by Gasteiger charge is 2.27. The first-order chi connectivity index (χ1) is 15.5.